The van der Waals surface area contributed by atoms with Crippen molar-refractivity contribution in [1.82, 2.24) is 4.90 Å². The summed E-state index contributed by atoms with van der Waals surface area (Å²) in [7, 11) is 1.85. The van der Waals surface area contributed by atoms with Gasteiger partial charge in [-0.05, 0) is 36.6 Å². The Morgan fingerprint density at radius 1 is 1.05 bits per heavy atom. The molecule has 2 aromatic rings. The Balaban J connectivity index is 2.09. The molecule has 2 nitrogen and oxygen atoms in total. The second kappa shape index (κ2) is 6.38. The maximum absolute atomic E-state index is 12.4. The van der Waals surface area contributed by atoms with Gasteiger partial charge in [0.2, 0.25) is 0 Å². The number of carbonyl (C=O) groups is 1. The van der Waals surface area contributed by atoms with E-state index >= 15 is 0 Å². The summed E-state index contributed by atoms with van der Waals surface area (Å²) in [6.45, 7) is 4.80. The third-order valence-electron chi connectivity index (χ3n) is 3.47. The van der Waals surface area contributed by atoms with Crippen LogP contribution in [0.5, 0.6) is 0 Å². The van der Waals surface area contributed by atoms with Crippen LogP contribution in [0.15, 0.2) is 48.5 Å². The zero-order valence-electron chi connectivity index (χ0n) is 12.4. The minimum atomic E-state index is 0.0703. The molecule has 2 rings (SSSR count). The molecule has 0 atom stereocenters. The molecule has 0 aromatic heterocycles. The summed E-state index contributed by atoms with van der Waals surface area (Å²) in [4.78, 5) is 14.2. The molecule has 0 saturated heterocycles. The van der Waals surface area contributed by atoms with Gasteiger partial charge in [0.05, 0.1) is 0 Å². The van der Waals surface area contributed by atoms with Crippen molar-refractivity contribution in [3.63, 3.8) is 0 Å². The first-order chi connectivity index (χ1) is 9.60. The number of nitrogens with zero attached hydrogens (tertiary/aromatic N) is 1. The van der Waals surface area contributed by atoms with Gasteiger partial charge in [-0.15, -0.1) is 0 Å². The highest BCUT2D eigenvalue weighted by Crippen LogP contribution is 2.11. The van der Waals surface area contributed by atoms with Gasteiger partial charge in [-0.2, -0.15) is 0 Å². The van der Waals surface area contributed by atoms with Gasteiger partial charge in [-0.25, -0.2) is 0 Å². The fraction of sp³-hybridized carbons (Fsp3) is 0.278. The summed E-state index contributed by atoms with van der Waals surface area (Å²) >= 11 is 0. The molecule has 0 N–H and O–H groups in total. The fourth-order valence-corrected chi connectivity index (χ4v) is 2.18. The standard InChI is InChI=1S/C18H21NO/c1-4-15-6-5-7-17(12-15)18(20)19(3)13-16-10-8-14(2)9-11-16/h5-12H,4,13H2,1-3H3. The molecule has 0 aliphatic rings. The van der Waals surface area contributed by atoms with Gasteiger partial charge in [-0.1, -0.05) is 48.9 Å². The Morgan fingerprint density at radius 2 is 1.75 bits per heavy atom. The quantitative estimate of drug-likeness (QED) is 0.824. The summed E-state index contributed by atoms with van der Waals surface area (Å²) in [6.07, 6.45) is 0.947. The normalized spacial score (nSPS) is 10.3. The van der Waals surface area contributed by atoms with Gasteiger partial charge in [0.25, 0.3) is 5.91 Å². The largest absolute Gasteiger partial charge is 0.337 e. The molecule has 2 aromatic carbocycles. The topological polar surface area (TPSA) is 20.3 Å². The van der Waals surface area contributed by atoms with E-state index in [9.17, 15) is 4.79 Å². The molecule has 0 aliphatic carbocycles. The fourth-order valence-electron chi connectivity index (χ4n) is 2.18. The van der Waals surface area contributed by atoms with Crippen molar-refractivity contribution in [2.75, 3.05) is 7.05 Å². The van der Waals surface area contributed by atoms with Crippen LogP contribution in [0.4, 0.5) is 0 Å². The minimum absolute atomic E-state index is 0.0703. The van der Waals surface area contributed by atoms with E-state index < -0.39 is 0 Å². The summed E-state index contributed by atoms with van der Waals surface area (Å²) in [5, 5.41) is 0. The molecule has 0 saturated carbocycles. The van der Waals surface area contributed by atoms with Crippen molar-refractivity contribution in [2.45, 2.75) is 26.8 Å². The Kier molecular flexibility index (Phi) is 4.57. The van der Waals surface area contributed by atoms with E-state index in [1.807, 2.05) is 25.2 Å². The highest BCUT2D eigenvalue weighted by molar-refractivity contribution is 5.94. The van der Waals surface area contributed by atoms with Crippen molar-refractivity contribution < 1.29 is 4.79 Å². The maximum atomic E-state index is 12.4. The average Bonchev–Trinajstić information content (AvgIpc) is 2.48. The van der Waals surface area contributed by atoms with Gasteiger partial charge in [0, 0.05) is 19.2 Å². The van der Waals surface area contributed by atoms with E-state index in [4.69, 9.17) is 0 Å². The molecule has 0 heterocycles. The zero-order valence-corrected chi connectivity index (χ0v) is 12.4. The Hall–Kier alpha value is -2.09. The molecule has 0 fully saturated rings. The van der Waals surface area contributed by atoms with Gasteiger partial charge in [-0.3, -0.25) is 4.79 Å². The third-order valence-corrected chi connectivity index (χ3v) is 3.47. The van der Waals surface area contributed by atoms with E-state index in [0.717, 1.165) is 17.5 Å². The first kappa shape index (κ1) is 14.3. The van der Waals surface area contributed by atoms with Crippen LogP contribution in [0, 0.1) is 6.92 Å². The van der Waals surface area contributed by atoms with Crippen molar-refractivity contribution in [3.8, 4) is 0 Å². The third kappa shape index (κ3) is 3.47. The summed E-state index contributed by atoms with van der Waals surface area (Å²) in [6, 6.07) is 16.2. The van der Waals surface area contributed by atoms with Gasteiger partial charge < -0.3 is 4.90 Å². The molecular weight excluding hydrogens is 246 g/mol. The lowest BCUT2D eigenvalue weighted by Crippen LogP contribution is -2.26. The molecule has 0 spiro atoms. The Morgan fingerprint density at radius 3 is 2.40 bits per heavy atom. The van der Waals surface area contributed by atoms with Crippen LogP contribution in [0.2, 0.25) is 0 Å². The molecule has 0 unspecified atom stereocenters. The number of hydrogen-bond donors (Lipinski definition) is 0. The Labute approximate surface area is 121 Å². The molecule has 2 heteroatoms. The number of carbonyl (C=O) groups excluding carboxylic acids is 1. The van der Waals surface area contributed by atoms with Gasteiger partial charge >= 0.3 is 0 Å². The van der Waals surface area contributed by atoms with Crippen LogP contribution in [0.25, 0.3) is 0 Å². The molecule has 0 radical (unpaired) electrons. The predicted octanol–water partition coefficient (Wildman–Crippen LogP) is 3.83. The number of amides is 1. The summed E-state index contributed by atoms with van der Waals surface area (Å²) in [5.41, 5.74) is 4.34. The van der Waals surface area contributed by atoms with Crippen LogP contribution in [0.1, 0.15) is 34.0 Å². The average molecular weight is 267 g/mol. The lowest BCUT2D eigenvalue weighted by Gasteiger charge is -2.18. The van der Waals surface area contributed by atoms with Crippen molar-refractivity contribution in [1.29, 1.82) is 0 Å². The predicted molar refractivity (Wildman–Crippen MR) is 82.8 cm³/mol. The lowest BCUT2D eigenvalue weighted by molar-refractivity contribution is 0.0785. The van der Waals surface area contributed by atoms with Crippen LogP contribution >= 0.6 is 0 Å². The van der Waals surface area contributed by atoms with Crippen LogP contribution in [-0.4, -0.2) is 17.9 Å². The molecule has 0 bridgehead atoms. The maximum Gasteiger partial charge on any atom is 0.253 e. The second-order valence-corrected chi connectivity index (χ2v) is 5.20. The number of rotatable bonds is 4. The summed E-state index contributed by atoms with van der Waals surface area (Å²) in [5.74, 6) is 0.0703. The number of aryl methyl sites for hydroxylation is 2. The molecular formula is C18H21NO. The van der Waals surface area contributed by atoms with Crippen molar-refractivity contribution in [3.05, 3.63) is 70.8 Å². The number of benzene rings is 2. The highest BCUT2D eigenvalue weighted by Gasteiger charge is 2.12. The van der Waals surface area contributed by atoms with E-state index in [1.54, 1.807) is 4.90 Å². The molecule has 20 heavy (non-hydrogen) atoms. The molecule has 1 amide bonds. The molecule has 104 valence electrons. The van der Waals surface area contributed by atoms with Crippen molar-refractivity contribution >= 4 is 5.91 Å². The van der Waals surface area contributed by atoms with E-state index in [1.165, 1.54) is 11.1 Å². The first-order valence-corrected chi connectivity index (χ1v) is 7.00. The van der Waals surface area contributed by atoms with Crippen LogP contribution in [0.3, 0.4) is 0 Å². The zero-order chi connectivity index (χ0) is 14.5. The van der Waals surface area contributed by atoms with E-state index in [2.05, 4.69) is 44.2 Å². The van der Waals surface area contributed by atoms with Crippen LogP contribution < -0.4 is 0 Å². The second-order valence-electron chi connectivity index (χ2n) is 5.20. The first-order valence-electron chi connectivity index (χ1n) is 7.00. The SMILES string of the molecule is CCc1cccc(C(=O)N(C)Cc2ccc(C)cc2)c1. The smallest absolute Gasteiger partial charge is 0.253 e. The van der Waals surface area contributed by atoms with E-state index in [-0.39, 0.29) is 5.91 Å². The highest BCUT2D eigenvalue weighted by atomic mass is 16.2. The van der Waals surface area contributed by atoms with Gasteiger partial charge in [0.1, 0.15) is 0 Å². The van der Waals surface area contributed by atoms with Crippen molar-refractivity contribution in [2.24, 2.45) is 0 Å². The minimum Gasteiger partial charge on any atom is -0.337 e. The van der Waals surface area contributed by atoms with E-state index in [0.29, 0.717) is 6.54 Å². The Bertz CT molecular complexity index is 587. The monoisotopic (exact) mass is 267 g/mol. The number of hydrogen-bond acceptors (Lipinski definition) is 1. The summed E-state index contributed by atoms with van der Waals surface area (Å²) < 4.78 is 0. The lowest BCUT2D eigenvalue weighted by atomic mass is 10.1. The molecule has 0 aliphatic heterocycles. The van der Waals surface area contributed by atoms with Gasteiger partial charge in [0.15, 0.2) is 0 Å². The van der Waals surface area contributed by atoms with Crippen LogP contribution in [-0.2, 0) is 13.0 Å².